The van der Waals surface area contributed by atoms with Crippen LogP contribution in [0.1, 0.15) is 29.6 Å². The molecule has 2 fully saturated rings. The number of hydrogen-bond donors (Lipinski definition) is 0. The van der Waals surface area contributed by atoms with Crippen LogP contribution in [-0.2, 0) is 14.6 Å². The summed E-state index contributed by atoms with van der Waals surface area (Å²) in [4.78, 5) is 15.2. The molecular formula is C17H23NO4S2. The number of carbonyl (C=O) groups excluding carboxylic acids is 1. The van der Waals surface area contributed by atoms with Crippen molar-refractivity contribution in [1.82, 2.24) is 4.90 Å². The van der Waals surface area contributed by atoms with Crippen LogP contribution in [-0.4, -0.2) is 62.3 Å². The third-order valence-electron chi connectivity index (χ3n) is 4.54. The number of amides is 1. The molecule has 1 aromatic rings. The number of carbonyl (C=O) groups is 1. The highest BCUT2D eigenvalue weighted by atomic mass is 32.2. The van der Waals surface area contributed by atoms with E-state index in [1.165, 1.54) is 12.1 Å². The molecule has 2 aliphatic rings. The standard InChI is InChI=1S/C17H23NO4S2/c1-24(20,21)16-6-2-4-13(10-16)17(19)18(14-7-9-23-12-14)11-15-5-3-8-22-15/h2,4,6,10,14-15H,3,5,7-9,11-12H2,1H3/t14-,15+/m0/s1. The number of ether oxygens (including phenoxy) is 1. The smallest absolute Gasteiger partial charge is 0.254 e. The highest BCUT2D eigenvalue weighted by molar-refractivity contribution is 7.99. The maximum absolute atomic E-state index is 13.1. The van der Waals surface area contributed by atoms with Crippen LogP contribution in [0.2, 0.25) is 0 Å². The highest BCUT2D eigenvalue weighted by Gasteiger charge is 2.31. The van der Waals surface area contributed by atoms with E-state index in [1.54, 1.807) is 12.1 Å². The molecule has 1 aromatic carbocycles. The average molecular weight is 370 g/mol. The van der Waals surface area contributed by atoms with Crippen LogP contribution in [0.5, 0.6) is 0 Å². The maximum Gasteiger partial charge on any atom is 0.254 e. The Bertz CT molecular complexity index is 692. The molecule has 132 valence electrons. The van der Waals surface area contributed by atoms with Gasteiger partial charge < -0.3 is 9.64 Å². The zero-order valence-corrected chi connectivity index (χ0v) is 15.4. The van der Waals surface area contributed by atoms with E-state index in [1.807, 2.05) is 16.7 Å². The molecule has 3 rings (SSSR count). The molecule has 5 nitrogen and oxygen atoms in total. The van der Waals surface area contributed by atoms with E-state index in [2.05, 4.69) is 0 Å². The lowest BCUT2D eigenvalue weighted by Crippen LogP contribution is -2.44. The SMILES string of the molecule is CS(=O)(=O)c1cccc(C(=O)N(C[C@H]2CCCO2)[C@H]2CCSC2)c1. The summed E-state index contributed by atoms with van der Waals surface area (Å²) < 4.78 is 29.2. The fraction of sp³-hybridized carbons (Fsp3) is 0.588. The Hall–Kier alpha value is -1.05. The molecule has 24 heavy (non-hydrogen) atoms. The molecule has 0 spiro atoms. The van der Waals surface area contributed by atoms with Crippen molar-refractivity contribution in [2.24, 2.45) is 0 Å². The molecule has 2 aliphatic heterocycles. The van der Waals surface area contributed by atoms with Crippen molar-refractivity contribution >= 4 is 27.5 Å². The minimum atomic E-state index is -3.33. The Morgan fingerprint density at radius 1 is 1.38 bits per heavy atom. The summed E-state index contributed by atoms with van der Waals surface area (Å²) in [7, 11) is -3.33. The summed E-state index contributed by atoms with van der Waals surface area (Å²) in [6.45, 7) is 1.35. The van der Waals surface area contributed by atoms with Gasteiger partial charge in [0, 0.05) is 36.8 Å². The number of sulfone groups is 1. The first-order valence-corrected chi connectivity index (χ1v) is 11.3. The summed E-state index contributed by atoms with van der Waals surface area (Å²) in [6.07, 6.45) is 4.25. The fourth-order valence-electron chi connectivity index (χ4n) is 3.20. The molecule has 0 aliphatic carbocycles. The second kappa shape index (κ2) is 7.45. The van der Waals surface area contributed by atoms with E-state index in [-0.39, 0.29) is 22.9 Å². The summed E-state index contributed by atoms with van der Waals surface area (Å²) in [5, 5.41) is 0. The molecule has 0 saturated carbocycles. The molecule has 1 amide bonds. The molecule has 2 atom stereocenters. The van der Waals surface area contributed by atoms with Gasteiger partial charge >= 0.3 is 0 Å². The van der Waals surface area contributed by atoms with Crippen molar-refractivity contribution in [3.05, 3.63) is 29.8 Å². The van der Waals surface area contributed by atoms with Gasteiger partial charge in [0.15, 0.2) is 9.84 Å². The van der Waals surface area contributed by atoms with Crippen LogP contribution in [0.3, 0.4) is 0 Å². The summed E-state index contributed by atoms with van der Waals surface area (Å²) in [5.41, 5.74) is 0.438. The van der Waals surface area contributed by atoms with E-state index in [9.17, 15) is 13.2 Å². The van der Waals surface area contributed by atoms with Crippen LogP contribution in [0.15, 0.2) is 29.2 Å². The number of hydrogen-bond acceptors (Lipinski definition) is 5. The number of rotatable bonds is 5. The normalized spacial score (nSPS) is 24.2. The quantitative estimate of drug-likeness (QED) is 0.796. The van der Waals surface area contributed by atoms with Crippen LogP contribution in [0.4, 0.5) is 0 Å². The molecule has 2 heterocycles. The van der Waals surface area contributed by atoms with Gasteiger partial charge in [-0.2, -0.15) is 11.8 Å². The first kappa shape index (κ1) is 17.8. The van der Waals surface area contributed by atoms with Crippen LogP contribution in [0.25, 0.3) is 0 Å². The van der Waals surface area contributed by atoms with E-state index in [4.69, 9.17) is 4.74 Å². The Morgan fingerprint density at radius 3 is 2.83 bits per heavy atom. The zero-order chi connectivity index (χ0) is 17.2. The van der Waals surface area contributed by atoms with Gasteiger partial charge in [-0.05, 0) is 43.2 Å². The van der Waals surface area contributed by atoms with Crippen molar-refractivity contribution in [1.29, 1.82) is 0 Å². The predicted molar refractivity (Wildman–Crippen MR) is 95.3 cm³/mol. The van der Waals surface area contributed by atoms with Gasteiger partial charge in [0.05, 0.1) is 11.0 Å². The van der Waals surface area contributed by atoms with E-state index in [0.717, 1.165) is 43.6 Å². The van der Waals surface area contributed by atoms with E-state index < -0.39 is 9.84 Å². The molecule has 0 aromatic heterocycles. The van der Waals surface area contributed by atoms with Gasteiger partial charge in [0.25, 0.3) is 5.91 Å². The largest absolute Gasteiger partial charge is 0.376 e. The molecule has 0 unspecified atom stereocenters. The first-order valence-electron chi connectivity index (χ1n) is 8.25. The van der Waals surface area contributed by atoms with Crippen molar-refractivity contribution in [2.45, 2.75) is 36.3 Å². The molecule has 7 heteroatoms. The summed E-state index contributed by atoms with van der Waals surface area (Å²) in [5.74, 6) is 1.90. The molecular weight excluding hydrogens is 346 g/mol. The zero-order valence-electron chi connectivity index (χ0n) is 13.8. The number of benzene rings is 1. The van der Waals surface area contributed by atoms with Crippen LogP contribution in [0, 0.1) is 0 Å². The lowest BCUT2D eigenvalue weighted by atomic mass is 10.1. The van der Waals surface area contributed by atoms with Crippen molar-refractivity contribution < 1.29 is 17.9 Å². The van der Waals surface area contributed by atoms with Gasteiger partial charge in [-0.3, -0.25) is 4.79 Å². The fourth-order valence-corrected chi connectivity index (χ4v) is 5.09. The lowest BCUT2D eigenvalue weighted by molar-refractivity contribution is 0.0441. The molecule has 0 bridgehead atoms. The van der Waals surface area contributed by atoms with Crippen molar-refractivity contribution in [3.63, 3.8) is 0 Å². The second-order valence-corrected chi connectivity index (χ2v) is 9.58. The van der Waals surface area contributed by atoms with Crippen molar-refractivity contribution in [2.75, 3.05) is 30.9 Å². The van der Waals surface area contributed by atoms with Crippen LogP contribution >= 0.6 is 11.8 Å². The van der Waals surface area contributed by atoms with Gasteiger partial charge in [-0.25, -0.2) is 8.42 Å². The van der Waals surface area contributed by atoms with Gasteiger partial charge in [0.2, 0.25) is 0 Å². The van der Waals surface area contributed by atoms with Gasteiger partial charge in [0.1, 0.15) is 0 Å². The summed E-state index contributed by atoms with van der Waals surface area (Å²) in [6, 6.07) is 6.55. The third-order valence-corrected chi connectivity index (χ3v) is 6.80. The molecule has 2 saturated heterocycles. The monoisotopic (exact) mass is 369 g/mol. The topological polar surface area (TPSA) is 63.7 Å². The predicted octanol–water partition coefficient (Wildman–Crippen LogP) is 2.22. The second-order valence-electron chi connectivity index (χ2n) is 6.41. The Balaban J connectivity index is 1.84. The Labute approximate surface area is 147 Å². The summed E-state index contributed by atoms with van der Waals surface area (Å²) >= 11 is 1.86. The third kappa shape index (κ3) is 4.13. The molecule has 0 N–H and O–H groups in total. The Morgan fingerprint density at radius 2 is 2.21 bits per heavy atom. The van der Waals surface area contributed by atoms with Gasteiger partial charge in [-0.15, -0.1) is 0 Å². The van der Waals surface area contributed by atoms with Crippen molar-refractivity contribution in [3.8, 4) is 0 Å². The van der Waals surface area contributed by atoms with Crippen LogP contribution < -0.4 is 0 Å². The highest BCUT2D eigenvalue weighted by Crippen LogP contribution is 2.26. The van der Waals surface area contributed by atoms with E-state index in [0.29, 0.717) is 12.1 Å². The Kier molecular flexibility index (Phi) is 5.52. The minimum Gasteiger partial charge on any atom is -0.376 e. The number of nitrogens with zero attached hydrogens (tertiary/aromatic N) is 1. The minimum absolute atomic E-state index is 0.0940. The first-order chi connectivity index (χ1) is 11.4. The lowest BCUT2D eigenvalue weighted by Gasteiger charge is -2.31. The van der Waals surface area contributed by atoms with E-state index >= 15 is 0 Å². The average Bonchev–Trinajstić information content (AvgIpc) is 3.24. The number of thioether (sulfide) groups is 1. The van der Waals surface area contributed by atoms with Gasteiger partial charge in [-0.1, -0.05) is 6.07 Å². The maximum atomic E-state index is 13.1. The molecule has 0 radical (unpaired) electrons.